The van der Waals surface area contributed by atoms with Crippen LogP contribution in [0, 0.1) is 0 Å². The average molecular weight is 424 g/mol. The van der Waals surface area contributed by atoms with Gasteiger partial charge in [-0.25, -0.2) is 0 Å². The molecule has 23 heavy (non-hydrogen) atoms. The molecule has 2 heteroatoms. The summed E-state index contributed by atoms with van der Waals surface area (Å²) < 4.78 is 4.84. The summed E-state index contributed by atoms with van der Waals surface area (Å²) in [7, 11) is 0. The molecule has 0 saturated heterocycles. The monoisotopic (exact) mass is 425 g/mol. The Labute approximate surface area is 159 Å². The molecule has 0 heterocycles. The number of benzene rings is 1. The molecule has 0 fully saturated rings. The molecule has 0 bridgehead atoms. The van der Waals surface area contributed by atoms with Gasteiger partial charge in [0, 0.05) is 0 Å². The van der Waals surface area contributed by atoms with Gasteiger partial charge in [0.2, 0.25) is 0 Å². The van der Waals surface area contributed by atoms with Gasteiger partial charge in [-0.1, -0.05) is 95.0 Å². The van der Waals surface area contributed by atoms with E-state index in [4.69, 9.17) is 3.07 Å². The van der Waals surface area contributed by atoms with E-state index >= 15 is 0 Å². The normalized spacial score (nSPS) is 10.5. The smallest absolute Gasteiger partial charge is 0.0279 e. The molecule has 0 spiro atoms. The fourth-order valence-corrected chi connectivity index (χ4v) is 2.46. The van der Waals surface area contributed by atoms with E-state index < -0.39 is 0 Å². The minimum Gasteiger partial charge on any atom is -0.0654 e. The zero-order valence-electron chi connectivity index (χ0n) is 15.7. The minimum absolute atomic E-state index is 0.424. The Morgan fingerprint density at radius 1 is 0.783 bits per heavy atom. The van der Waals surface area contributed by atoms with Gasteiger partial charge >= 0.3 is 46.0 Å². The van der Waals surface area contributed by atoms with Crippen LogP contribution in [-0.2, 0) is 9.49 Å². The van der Waals surface area contributed by atoms with Crippen molar-refractivity contribution in [1.29, 1.82) is 0 Å². The first-order valence-electron chi connectivity index (χ1n) is 9.57. The van der Waals surface area contributed by atoms with Crippen molar-refractivity contribution in [2.75, 3.05) is 0 Å². The Morgan fingerprint density at radius 3 is 1.65 bits per heavy atom. The Kier molecular flexibility index (Phi) is 18.3. The molecule has 1 aromatic rings. The van der Waals surface area contributed by atoms with Gasteiger partial charge in [-0.15, -0.1) is 0 Å². The predicted molar refractivity (Wildman–Crippen MR) is 104 cm³/mol. The number of unbranched alkanes of at least 4 members (excludes halogenated alkanes) is 9. The summed E-state index contributed by atoms with van der Waals surface area (Å²) in [6.07, 6.45) is 15.9. The Hall–Kier alpha value is -0.0213. The molecule has 0 N–H and O–H groups in total. The summed E-state index contributed by atoms with van der Waals surface area (Å²) >= 11 is 1.16. The predicted octanol–water partition coefficient (Wildman–Crippen LogP) is 6.64. The second-order valence-electron chi connectivity index (χ2n) is 6.58. The largest absolute Gasteiger partial charge is 0.0654 e. The number of hydrogen-bond donors (Lipinski definition) is 0. The molecule has 1 aromatic carbocycles. The molecular formula is C21H37OSn. The average Bonchev–Trinajstić information content (AvgIpc) is 2.58. The van der Waals surface area contributed by atoms with E-state index in [2.05, 4.69) is 37.3 Å². The van der Waals surface area contributed by atoms with Crippen LogP contribution in [0.15, 0.2) is 30.3 Å². The van der Waals surface area contributed by atoms with Crippen molar-refractivity contribution in [2.24, 2.45) is 0 Å². The van der Waals surface area contributed by atoms with Gasteiger partial charge in [0.15, 0.2) is 0 Å². The van der Waals surface area contributed by atoms with Crippen LogP contribution in [0.2, 0.25) is 0 Å². The SMILES string of the molecule is CC(C)[O][Sn].CCCCCCCCCCCCc1ccccc1. The fourth-order valence-electron chi connectivity index (χ4n) is 2.46. The summed E-state index contributed by atoms with van der Waals surface area (Å²) in [5.41, 5.74) is 1.50. The molecular weight excluding hydrogens is 387 g/mol. The molecule has 1 nitrogen and oxygen atoms in total. The van der Waals surface area contributed by atoms with Crippen molar-refractivity contribution in [3.63, 3.8) is 0 Å². The summed E-state index contributed by atoms with van der Waals surface area (Å²) in [6, 6.07) is 10.9. The topological polar surface area (TPSA) is 9.23 Å². The first-order valence-corrected chi connectivity index (χ1v) is 10.7. The van der Waals surface area contributed by atoms with Crippen LogP contribution in [0.5, 0.6) is 0 Å². The van der Waals surface area contributed by atoms with Crippen LogP contribution in [0.4, 0.5) is 0 Å². The van der Waals surface area contributed by atoms with E-state index in [-0.39, 0.29) is 0 Å². The van der Waals surface area contributed by atoms with E-state index in [1.54, 1.807) is 0 Å². The molecule has 0 unspecified atom stereocenters. The molecule has 0 aliphatic rings. The Balaban J connectivity index is 0.000000841. The maximum Gasteiger partial charge on any atom is -0.0279 e. The summed E-state index contributed by atoms with van der Waals surface area (Å²) in [5.74, 6) is 0. The summed E-state index contributed by atoms with van der Waals surface area (Å²) in [4.78, 5) is 0. The third-order valence-electron chi connectivity index (χ3n) is 3.90. The zero-order valence-corrected chi connectivity index (χ0v) is 18.5. The molecule has 131 valence electrons. The molecule has 0 aliphatic carbocycles. The maximum absolute atomic E-state index is 4.84. The van der Waals surface area contributed by atoms with Crippen molar-refractivity contribution >= 4 is 22.9 Å². The van der Waals surface area contributed by atoms with Crippen LogP contribution in [0.3, 0.4) is 0 Å². The second-order valence-corrected chi connectivity index (χ2v) is 7.26. The molecule has 0 atom stereocenters. The van der Waals surface area contributed by atoms with E-state index in [0.29, 0.717) is 6.10 Å². The molecule has 0 aromatic heterocycles. The van der Waals surface area contributed by atoms with Gasteiger partial charge in [-0.3, -0.25) is 0 Å². The summed E-state index contributed by atoms with van der Waals surface area (Å²) in [6.45, 7) is 6.33. The molecule has 0 amide bonds. The quantitative estimate of drug-likeness (QED) is 0.270. The standard InChI is InChI=1S/C18H30.C3H7O.Sn/c1-2-3-4-5-6-7-8-9-10-12-15-18-16-13-11-14-17-18;1-3(2)4;/h11,13-14,16-17H,2-10,12,15H2,1H3;3H,1-2H3;/q;-1;+1. The molecule has 1 rings (SSSR count). The third kappa shape index (κ3) is 18.2. The van der Waals surface area contributed by atoms with Crippen LogP contribution in [0.25, 0.3) is 0 Å². The van der Waals surface area contributed by atoms with Crippen LogP contribution >= 0.6 is 0 Å². The van der Waals surface area contributed by atoms with Gasteiger partial charge in [0.25, 0.3) is 0 Å². The first-order chi connectivity index (χ1) is 11.2. The fraction of sp³-hybridized carbons (Fsp3) is 0.714. The van der Waals surface area contributed by atoms with Crippen molar-refractivity contribution in [2.45, 2.75) is 97.5 Å². The number of rotatable bonds is 12. The zero-order chi connectivity index (χ0) is 17.2. The van der Waals surface area contributed by atoms with Crippen LogP contribution < -0.4 is 0 Å². The summed E-state index contributed by atoms with van der Waals surface area (Å²) in [5, 5.41) is 0. The van der Waals surface area contributed by atoms with Crippen molar-refractivity contribution in [1.82, 2.24) is 0 Å². The second kappa shape index (κ2) is 18.3. The van der Waals surface area contributed by atoms with E-state index in [1.807, 2.05) is 13.8 Å². The minimum atomic E-state index is 0.424. The van der Waals surface area contributed by atoms with Gasteiger partial charge in [-0.05, 0) is 18.4 Å². The number of aryl methyl sites for hydroxylation is 1. The molecule has 0 saturated carbocycles. The Bertz CT molecular complexity index is 324. The number of hydrogen-bond acceptors (Lipinski definition) is 1. The van der Waals surface area contributed by atoms with Crippen molar-refractivity contribution < 1.29 is 3.07 Å². The van der Waals surface area contributed by atoms with Gasteiger partial charge in [0.05, 0.1) is 0 Å². The van der Waals surface area contributed by atoms with Crippen molar-refractivity contribution in [3.05, 3.63) is 35.9 Å². The van der Waals surface area contributed by atoms with Gasteiger partial charge in [0.1, 0.15) is 0 Å². The van der Waals surface area contributed by atoms with Crippen LogP contribution in [-0.4, -0.2) is 29.0 Å². The van der Waals surface area contributed by atoms with Crippen molar-refractivity contribution in [3.8, 4) is 0 Å². The molecule has 0 aliphatic heterocycles. The first kappa shape index (κ1) is 23.0. The molecule has 3 radical (unpaired) electrons. The third-order valence-corrected chi connectivity index (χ3v) is 5.24. The van der Waals surface area contributed by atoms with E-state index in [0.717, 1.165) is 22.9 Å². The van der Waals surface area contributed by atoms with Crippen LogP contribution in [0.1, 0.15) is 90.5 Å². The maximum atomic E-state index is 4.84. The van der Waals surface area contributed by atoms with Gasteiger partial charge < -0.3 is 0 Å². The Morgan fingerprint density at radius 2 is 1.22 bits per heavy atom. The van der Waals surface area contributed by atoms with E-state index in [1.165, 1.54) is 76.2 Å². The van der Waals surface area contributed by atoms with E-state index in [9.17, 15) is 0 Å². The van der Waals surface area contributed by atoms with Gasteiger partial charge in [-0.2, -0.15) is 0 Å².